The molecule has 3 aromatic rings. The number of rotatable bonds is 9. The second-order valence-electron chi connectivity index (χ2n) is 6.95. The molecule has 7 heteroatoms. The van der Waals surface area contributed by atoms with Gasteiger partial charge in [-0.05, 0) is 53.6 Å². The van der Waals surface area contributed by atoms with Gasteiger partial charge in [0.1, 0.15) is 5.82 Å². The molecule has 0 saturated heterocycles. The Bertz CT molecular complexity index is 1100. The van der Waals surface area contributed by atoms with Crippen LogP contribution in [0.5, 0.6) is 0 Å². The fraction of sp³-hybridized carbons (Fsp3) is 0.125. The van der Waals surface area contributed by atoms with E-state index in [1.165, 1.54) is 30.3 Å². The largest absolute Gasteiger partial charge is 0.345 e. The van der Waals surface area contributed by atoms with Gasteiger partial charge in [-0.25, -0.2) is 4.39 Å². The number of hydrogen-bond acceptors (Lipinski definition) is 3. The average molecular weight is 419 g/mol. The van der Waals surface area contributed by atoms with Crippen LogP contribution in [0.15, 0.2) is 85.6 Å². The van der Waals surface area contributed by atoms with Gasteiger partial charge in [0, 0.05) is 43.2 Å². The number of benzene rings is 2. The molecule has 0 N–H and O–H groups in total. The first-order valence-corrected chi connectivity index (χ1v) is 9.67. The summed E-state index contributed by atoms with van der Waals surface area (Å²) in [6.45, 7) is 4.94. The minimum atomic E-state index is -0.469. The van der Waals surface area contributed by atoms with Gasteiger partial charge in [0.15, 0.2) is 0 Å². The first-order valence-electron chi connectivity index (χ1n) is 9.67. The number of aromatic nitrogens is 1. The lowest BCUT2D eigenvalue weighted by Gasteiger charge is -2.21. The maximum absolute atomic E-state index is 13.5. The molecular formula is C24H22FN3O3. The average Bonchev–Trinajstić information content (AvgIpc) is 3.18. The van der Waals surface area contributed by atoms with E-state index in [4.69, 9.17) is 0 Å². The molecule has 2 aromatic carbocycles. The Labute approximate surface area is 179 Å². The van der Waals surface area contributed by atoms with Crippen LogP contribution in [0.25, 0.3) is 6.08 Å². The quantitative estimate of drug-likeness (QED) is 0.216. The number of nitro benzene ring substituents is 1. The molecular weight excluding hydrogens is 397 g/mol. The molecule has 0 saturated carbocycles. The van der Waals surface area contributed by atoms with Gasteiger partial charge in [-0.3, -0.25) is 14.9 Å². The highest BCUT2D eigenvalue weighted by atomic mass is 19.1. The lowest BCUT2D eigenvalue weighted by atomic mass is 10.2. The fourth-order valence-corrected chi connectivity index (χ4v) is 3.14. The molecule has 0 aliphatic rings. The summed E-state index contributed by atoms with van der Waals surface area (Å²) in [6, 6.07) is 16.2. The van der Waals surface area contributed by atoms with Gasteiger partial charge in [-0.15, -0.1) is 6.58 Å². The molecule has 0 aliphatic carbocycles. The van der Waals surface area contributed by atoms with Crippen LogP contribution < -0.4 is 0 Å². The molecule has 0 radical (unpaired) electrons. The van der Waals surface area contributed by atoms with E-state index in [2.05, 4.69) is 6.58 Å². The van der Waals surface area contributed by atoms with Crippen molar-refractivity contribution in [3.63, 3.8) is 0 Å². The van der Waals surface area contributed by atoms with Crippen molar-refractivity contribution in [1.82, 2.24) is 9.47 Å². The van der Waals surface area contributed by atoms with Crippen LogP contribution in [-0.2, 0) is 17.9 Å². The third kappa shape index (κ3) is 5.99. The first kappa shape index (κ1) is 21.7. The Morgan fingerprint density at radius 1 is 1.16 bits per heavy atom. The smallest absolute Gasteiger partial charge is 0.269 e. The molecule has 31 heavy (non-hydrogen) atoms. The summed E-state index contributed by atoms with van der Waals surface area (Å²) in [4.78, 5) is 24.7. The van der Waals surface area contributed by atoms with E-state index < -0.39 is 4.92 Å². The van der Waals surface area contributed by atoms with Gasteiger partial charge in [-0.1, -0.05) is 18.2 Å². The van der Waals surface area contributed by atoms with E-state index in [0.717, 1.165) is 11.3 Å². The number of hydrogen-bond donors (Lipinski definition) is 0. The topological polar surface area (TPSA) is 68.4 Å². The van der Waals surface area contributed by atoms with Gasteiger partial charge in [0.05, 0.1) is 11.5 Å². The zero-order chi connectivity index (χ0) is 22.2. The second-order valence-corrected chi connectivity index (χ2v) is 6.95. The van der Waals surface area contributed by atoms with E-state index in [0.29, 0.717) is 25.2 Å². The maximum Gasteiger partial charge on any atom is 0.269 e. The molecule has 1 heterocycles. The van der Waals surface area contributed by atoms with Gasteiger partial charge in [-0.2, -0.15) is 0 Å². The summed E-state index contributed by atoms with van der Waals surface area (Å²) in [5.41, 5.74) is 2.42. The summed E-state index contributed by atoms with van der Waals surface area (Å²) in [5, 5.41) is 10.7. The third-order valence-electron chi connectivity index (χ3n) is 4.70. The Hall–Kier alpha value is -4.00. The van der Waals surface area contributed by atoms with Crippen LogP contribution in [0.3, 0.4) is 0 Å². The zero-order valence-corrected chi connectivity index (χ0v) is 16.9. The van der Waals surface area contributed by atoms with Gasteiger partial charge in [0.2, 0.25) is 5.91 Å². The summed E-state index contributed by atoms with van der Waals surface area (Å²) >= 11 is 0. The number of carbonyl (C=O) groups is 1. The summed E-state index contributed by atoms with van der Waals surface area (Å²) in [7, 11) is 0. The van der Waals surface area contributed by atoms with Gasteiger partial charge >= 0.3 is 0 Å². The zero-order valence-electron chi connectivity index (χ0n) is 16.9. The van der Waals surface area contributed by atoms with Crippen molar-refractivity contribution in [2.45, 2.75) is 13.1 Å². The molecule has 0 aliphatic heterocycles. The van der Waals surface area contributed by atoms with E-state index in [9.17, 15) is 19.3 Å². The fourth-order valence-electron chi connectivity index (χ4n) is 3.14. The van der Waals surface area contributed by atoms with Gasteiger partial charge in [0.25, 0.3) is 5.69 Å². The number of amides is 1. The summed E-state index contributed by atoms with van der Waals surface area (Å²) in [5.74, 6) is -0.497. The van der Waals surface area contributed by atoms with Crippen LogP contribution in [0.1, 0.15) is 16.8 Å². The number of nitro groups is 1. The molecule has 0 bridgehead atoms. The highest BCUT2D eigenvalue weighted by molar-refractivity contribution is 5.91. The van der Waals surface area contributed by atoms with Crippen LogP contribution in [-0.4, -0.2) is 26.8 Å². The molecule has 0 fully saturated rings. The Kier molecular flexibility index (Phi) is 7.11. The molecule has 1 aromatic heterocycles. The van der Waals surface area contributed by atoms with E-state index >= 15 is 0 Å². The van der Waals surface area contributed by atoms with Crippen LogP contribution >= 0.6 is 0 Å². The van der Waals surface area contributed by atoms with Crippen molar-refractivity contribution >= 4 is 17.7 Å². The van der Waals surface area contributed by atoms with Crippen molar-refractivity contribution in [2.75, 3.05) is 6.54 Å². The number of carbonyl (C=O) groups excluding carboxylic acids is 1. The SMILES string of the molecule is C=CCN(Cc1cccn1Cc1cccc(F)c1)C(=O)C=Cc1ccc([N+](=O)[O-])cc1. The van der Waals surface area contributed by atoms with Crippen molar-refractivity contribution < 1.29 is 14.1 Å². The van der Waals surface area contributed by atoms with E-state index in [-0.39, 0.29) is 17.4 Å². The van der Waals surface area contributed by atoms with Crippen molar-refractivity contribution in [3.8, 4) is 0 Å². The minimum absolute atomic E-state index is 0.00387. The highest BCUT2D eigenvalue weighted by Gasteiger charge is 2.13. The molecule has 3 rings (SSSR count). The maximum atomic E-state index is 13.5. The van der Waals surface area contributed by atoms with Crippen molar-refractivity contribution in [1.29, 1.82) is 0 Å². The van der Waals surface area contributed by atoms with Crippen LogP contribution in [0.4, 0.5) is 10.1 Å². The molecule has 0 unspecified atom stereocenters. The predicted molar refractivity (Wildman–Crippen MR) is 118 cm³/mol. The monoisotopic (exact) mass is 419 g/mol. The predicted octanol–water partition coefficient (Wildman–Crippen LogP) is 4.81. The second kappa shape index (κ2) is 10.2. The van der Waals surface area contributed by atoms with E-state index in [1.54, 1.807) is 35.3 Å². The number of halogens is 1. The Balaban J connectivity index is 1.71. The number of nitrogens with zero attached hydrogens (tertiary/aromatic N) is 3. The van der Waals surface area contributed by atoms with Crippen LogP contribution in [0.2, 0.25) is 0 Å². The normalized spacial score (nSPS) is 10.9. The standard InChI is InChI=1S/C24H22FN3O3/c1-2-14-27(24(29)13-10-19-8-11-22(12-9-19)28(30)31)18-23-7-4-15-26(23)17-20-5-3-6-21(25)16-20/h2-13,15-16H,1,14,17-18H2. The Morgan fingerprint density at radius 3 is 2.61 bits per heavy atom. The highest BCUT2D eigenvalue weighted by Crippen LogP contribution is 2.15. The molecule has 6 nitrogen and oxygen atoms in total. The van der Waals surface area contributed by atoms with Crippen LogP contribution in [0, 0.1) is 15.9 Å². The Morgan fingerprint density at radius 2 is 1.94 bits per heavy atom. The molecule has 158 valence electrons. The molecule has 1 amide bonds. The van der Waals surface area contributed by atoms with E-state index in [1.807, 2.05) is 29.0 Å². The first-order chi connectivity index (χ1) is 15.0. The summed E-state index contributed by atoms with van der Waals surface area (Å²) in [6.07, 6.45) is 6.60. The molecule has 0 atom stereocenters. The lowest BCUT2D eigenvalue weighted by Crippen LogP contribution is -2.30. The van der Waals surface area contributed by atoms with Crippen molar-refractivity contribution in [2.24, 2.45) is 0 Å². The lowest BCUT2D eigenvalue weighted by molar-refractivity contribution is -0.384. The summed E-state index contributed by atoms with van der Waals surface area (Å²) < 4.78 is 15.5. The third-order valence-corrected chi connectivity index (χ3v) is 4.70. The minimum Gasteiger partial charge on any atom is -0.345 e. The number of non-ortho nitro benzene ring substituents is 1. The molecule has 0 spiro atoms. The van der Waals surface area contributed by atoms with Gasteiger partial charge < -0.3 is 9.47 Å². The van der Waals surface area contributed by atoms with Crippen molar-refractivity contribution in [3.05, 3.63) is 118 Å².